The zero-order valence-corrected chi connectivity index (χ0v) is 11.0. The molecule has 1 aromatic heterocycles. The zero-order valence-electron chi connectivity index (χ0n) is 11.0. The van der Waals surface area contributed by atoms with E-state index < -0.39 is 0 Å². The van der Waals surface area contributed by atoms with Crippen molar-refractivity contribution in [2.24, 2.45) is 5.84 Å². The molecule has 1 heterocycles. The molecule has 0 fully saturated rings. The van der Waals surface area contributed by atoms with Crippen molar-refractivity contribution in [2.75, 3.05) is 12.0 Å². The number of aromatic nitrogens is 1. The first-order valence-electron chi connectivity index (χ1n) is 6.57. The second kappa shape index (κ2) is 5.30. The van der Waals surface area contributed by atoms with Gasteiger partial charge in [0, 0.05) is 12.5 Å². The van der Waals surface area contributed by atoms with E-state index in [4.69, 9.17) is 5.84 Å². The molecule has 20 heavy (non-hydrogen) atoms. The van der Waals surface area contributed by atoms with Gasteiger partial charge in [-0.3, -0.25) is 4.79 Å². The summed E-state index contributed by atoms with van der Waals surface area (Å²) in [5.74, 6) is 5.99. The van der Waals surface area contributed by atoms with E-state index in [-0.39, 0.29) is 5.91 Å². The predicted octanol–water partition coefficient (Wildman–Crippen LogP) is 1.44. The number of nitrogen functional groups attached to an aromatic ring is 1. The fourth-order valence-electron chi connectivity index (χ4n) is 2.49. The number of nitrogens with zero attached hydrogens (tertiary/aromatic N) is 1. The zero-order chi connectivity index (χ0) is 13.9. The van der Waals surface area contributed by atoms with Crippen LogP contribution >= 0.6 is 0 Å². The van der Waals surface area contributed by atoms with Crippen molar-refractivity contribution in [2.45, 2.75) is 12.3 Å². The lowest BCUT2D eigenvalue weighted by atomic mass is 9.77. The molecule has 0 bridgehead atoms. The molecule has 1 aliphatic carbocycles. The Morgan fingerprint density at radius 2 is 2.10 bits per heavy atom. The number of fused-ring (bicyclic) bond motifs is 1. The van der Waals surface area contributed by atoms with E-state index in [1.165, 1.54) is 11.1 Å². The lowest BCUT2D eigenvalue weighted by Crippen LogP contribution is -2.33. The molecule has 1 atom stereocenters. The summed E-state index contributed by atoms with van der Waals surface area (Å²) in [5.41, 5.74) is 5.51. The van der Waals surface area contributed by atoms with E-state index in [2.05, 4.69) is 27.9 Å². The van der Waals surface area contributed by atoms with Crippen LogP contribution in [0.5, 0.6) is 0 Å². The molecule has 1 aliphatic rings. The third kappa shape index (κ3) is 2.35. The van der Waals surface area contributed by atoms with E-state index in [9.17, 15) is 4.79 Å². The number of pyridine rings is 1. The van der Waals surface area contributed by atoms with Crippen LogP contribution in [0.2, 0.25) is 0 Å². The summed E-state index contributed by atoms with van der Waals surface area (Å²) in [7, 11) is 0. The molecule has 1 aromatic carbocycles. The van der Waals surface area contributed by atoms with Crippen molar-refractivity contribution in [3.05, 3.63) is 59.3 Å². The number of hydrazine groups is 1. The lowest BCUT2D eigenvalue weighted by Gasteiger charge is -2.30. The Morgan fingerprint density at radius 1 is 1.25 bits per heavy atom. The Labute approximate surface area is 117 Å². The summed E-state index contributed by atoms with van der Waals surface area (Å²) < 4.78 is 0. The Morgan fingerprint density at radius 3 is 2.90 bits per heavy atom. The van der Waals surface area contributed by atoms with Crippen LogP contribution in [0.1, 0.15) is 27.5 Å². The molecule has 5 heteroatoms. The van der Waals surface area contributed by atoms with Gasteiger partial charge >= 0.3 is 0 Å². The molecule has 4 N–H and O–H groups in total. The van der Waals surface area contributed by atoms with Crippen molar-refractivity contribution in [1.82, 2.24) is 10.3 Å². The summed E-state index contributed by atoms with van der Waals surface area (Å²) in [5, 5.41) is 2.92. The molecule has 0 saturated carbocycles. The minimum absolute atomic E-state index is 0.175. The lowest BCUT2D eigenvalue weighted by molar-refractivity contribution is 0.0945. The van der Waals surface area contributed by atoms with Gasteiger partial charge in [-0.25, -0.2) is 10.8 Å². The van der Waals surface area contributed by atoms with E-state index in [0.717, 1.165) is 6.42 Å². The van der Waals surface area contributed by atoms with Gasteiger partial charge in [0.15, 0.2) is 0 Å². The molecule has 1 unspecified atom stereocenters. The number of hydrogen-bond donors (Lipinski definition) is 3. The number of carbonyl (C=O) groups excluding carboxylic acids is 1. The second-order valence-corrected chi connectivity index (χ2v) is 4.86. The van der Waals surface area contributed by atoms with Crippen molar-refractivity contribution in [3.63, 3.8) is 0 Å². The fourth-order valence-corrected chi connectivity index (χ4v) is 2.49. The first kappa shape index (κ1) is 12.6. The summed E-state index contributed by atoms with van der Waals surface area (Å²) in [6.45, 7) is 0.637. The number of hydrogen-bond acceptors (Lipinski definition) is 4. The Kier molecular flexibility index (Phi) is 3.35. The monoisotopic (exact) mass is 268 g/mol. The van der Waals surface area contributed by atoms with Crippen LogP contribution in [-0.2, 0) is 6.42 Å². The number of anilines is 1. The maximum atomic E-state index is 12.0. The number of carbonyl (C=O) groups is 1. The van der Waals surface area contributed by atoms with Gasteiger partial charge in [0.1, 0.15) is 11.5 Å². The standard InChI is InChI=1S/C15H16N4O/c16-19-14-7-3-6-13(18-14)15(20)17-9-11-8-10-4-1-2-5-12(10)11/h1-7,11H,8-9,16H2,(H,17,20)(H,18,19). The number of benzene rings is 1. The minimum atomic E-state index is -0.175. The highest BCUT2D eigenvalue weighted by molar-refractivity contribution is 5.92. The van der Waals surface area contributed by atoms with Crippen LogP contribution in [0.25, 0.3) is 0 Å². The maximum absolute atomic E-state index is 12.0. The maximum Gasteiger partial charge on any atom is 0.269 e. The SMILES string of the molecule is NNc1cccc(C(=O)NCC2Cc3ccccc32)n1. The highest BCUT2D eigenvalue weighted by Crippen LogP contribution is 2.33. The quantitative estimate of drug-likeness (QED) is 0.579. The number of nitrogens with two attached hydrogens (primary N) is 1. The molecular formula is C15H16N4O. The molecule has 0 aliphatic heterocycles. The van der Waals surface area contributed by atoms with Gasteiger partial charge in [-0.1, -0.05) is 30.3 Å². The topological polar surface area (TPSA) is 80.0 Å². The molecular weight excluding hydrogens is 252 g/mol. The van der Waals surface area contributed by atoms with Crippen molar-refractivity contribution in [3.8, 4) is 0 Å². The normalized spacial score (nSPS) is 15.9. The minimum Gasteiger partial charge on any atom is -0.350 e. The molecule has 5 nitrogen and oxygen atoms in total. The van der Waals surface area contributed by atoms with Crippen LogP contribution in [-0.4, -0.2) is 17.4 Å². The summed E-state index contributed by atoms with van der Waals surface area (Å²) in [6, 6.07) is 13.5. The third-order valence-electron chi connectivity index (χ3n) is 3.60. The van der Waals surface area contributed by atoms with Gasteiger partial charge in [0.25, 0.3) is 5.91 Å². The molecule has 0 spiro atoms. The van der Waals surface area contributed by atoms with Gasteiger partial charge in [0.2, 0.25) is 0 Å². The molecule has 0 saturated heterocycles. The van der Waals surface area contributed by atoms with Crippen LogP contribution < -0.4 is 16.6 Å². The molecule has 1 amide bonds. The molecule has 3 rings (SSSR count). The highest BCUT2D eigenvalue weighted by Gasteiger charge is 2.25. The predicted molar refractivity (Wildman–Crippen MR) is 77.3 cm³/mol. The van der Waals surface area contributed by atoms with Crippen LogP contribution in [0.3, 0.4) is 0 Å². The molecule has 102 valence electrons. The fraction of sp³-hybridized carbons (Fsp3) is 0.200. The van der Waals surface area contributed by atoms with Crippen molar-refractivity contribution in [1.29, 1.82) is 0 Å². The smallest absolute Gasteiger partial charge is 0.269 e. The Bertz CT molecular complexity index is 641. The van der Waals surface area contributed by atoms with E-state index in [1.54, 1.807) is 18.2 Å². The third-order valence-corrected chi connectivity index (χ3v) is 3.60. The first-order chi connectivity index (χ1) is 9.78. The number of rotatable bonds is 4. The average molecular weight is 268 g/mol. The summed E-state index contributed by atoms with van der Waals surface area (Å²) in [4.78, 5) is 16.1. The van der Waals surface area contributed by atoms with Crippen LogP contribution in [0, 0.1) is 0 Å². The second-order valence-electron chi connectivity index (χ2n) is 4.86. The van der Waals surface area contributed by atoms with Crippen molar-refractivity contribution < 1.29 is 4.79 Å². The number of amides is 1. The van der Waals surface area contributed by atoms with Crippen LogP contribution in [0.15, 0.2) is 42.5 Å². The Balaban J connectivity index is 1.61. The van der Waals surface area contributed by atoms with E-state index in [1.807, 2.05) is 12.1 Å². The first-order valence-corrected chi connectivity index (χ1v) is 6.57. The van der Waals surface area contributed by atoms with Gasteiger partial charge in [0.05, 0.1) is 0 Å². The van der Waals surface area contributed by atoms with Gasteiger partial charge in [-0.15, -0.1) is 0 Å². The number of nitrogens with one attached hydrogen (secondary N) is 2. The van der Waals surface area contributed by atoms with Crippen LogP contribution in [0.4, 0.5) is 5.82 Å². The highest BCUT2D eigenvalue weighted by atomic mass is 16.1. The largest absolute Gasteiger partial charge is 0.350 e. The average Bonchev–Trinajstić information content (AvgIpc) is 2.48. The van der Waals surface area contributed by atoms with Gasteiger partial charge < -0.3 is 10.7 Å². The summed E-state index contributed by atoms with van der Waals surface area (Å²) in [6.07, 6.45) is 1.02. The Hall–Kier alpha value is -2.40. The van der Waals surface area contributed by atoms with E-state index in [0.29, 0.717) is 24.0 Å². The summed E-state index contributed by atoms with van der Waals surface area (Å²) >= 11 is 0. The molecule has 2 aromatic rings. The van der Waals surface area contributed by atoms with E-state index >= 15 is 0 Å². The van der Waals surface area contributed by atoms with Gasteiger partial charge in [-0.05, 0) is 29.7 Å². The molecule has 0 radical (unpaired) electrons. The van der Waals surface area contributed by atoms with Crippen molar-refractivity contribution >= 4 is 11.7 Å². The van der Waals surface area contributed by atoms with Gasteiger partial charge in [-0.2, -0.15) is 0 Å².